The number of Topliss-reactive ketones (excluding diaryl/α,β-unsaturated/α-hetero) is 1. The van der Waals surface area contributed by atoms with Gasteiger partial charge in [-0.3, -0.25) is 19.0 Å². The summed E-state index contributed by atoms with van der Waals surface area (Å²) in [6.45, 7) is 3.19. The van der Waals surface area contributed by atoms with E-state index in [0.29, 0.717) is 22.5 Å². The molecular weight excluding hydrogens is 344 g/mol. The lowest BCUT2D eigenvalue weighted by Gasteiger charge is -2.15. The van der Waals surface area contributed by atoms with Gasteiger partial charge in [0.15, 0.2) is 5.78 Å². The van der Waals surface area contributed by atoms with Gasteiger partial charge in [0.2, 0.25) is 5.91 Å². The summed E-state index contributed by atoms with van der Waals surface area (Å²) in [6, 6.07) is 13.6. The van der Waals surface area contributed by atoms with Crippen LogP contribution in [0.3, 0.4) is 0 Å². The largest absolute Gasteiger partial charge is 0.495 e. The van der Waals surface area contributed by atoms with Crippen LogP contribution >= 0.6 is 0 Å². The zero-order valence-corrected chi connectivity index (χ0v) is 15.4. The lowest BCUT2D eigenvalue weighted by Crippen LogP contribution is -2.28. The number of amides is 1. The average Bonchev–Trinajstić information content (AvgIpc) is 2.65. The third-order valence-corrected chi connectivity index (χ3v) is 4.40. The Balaban J connectivity index is 1.93. The van der Waals surface area contributed by atoms with Crippen molar-refractivity contribution in [3.8, 4) is 5.75 Å². The molecule has 27 heavy (non-hydrogen) atoms. The number of nitrogens with one attached hydrogen (secondary N) is 1. The Bertz CT molecular complexity index is 1080. The molecule has 6 nitrogen and oxygen atoms in total. The van der Waals surface area contributed by atoms with Crippen LogP contribution in [0, 0.1) is 6.92 Å². The van der Waals surface area contributed by atoms with Crippen molar-refractivity contribution >= 4 is 28.3 Å². The van der Waals surface area contributed by atoms with Crippen LogP contribution < -0.4 is 15.6 Å². The van der Waals surface area contributed by atoms with Gasteiger partial charge in [0.1, 0.15) is 12.3 Å². The van der Waals surface area contributed by atoms with Gasteiger partial charge >= 0.3 is 0 Å². The Hall–Kier alpha value is -3.41. The number of aromatic nitrogens is 1. The summed E-state index contributed by atoms with van der Waals surface area (Å²) < 4.78 is 6.79. The lowest BCUT2D eigenvalue weighted by atomic mass is 10.1. The first kappa shape index (κ1) is 18.4. The van der Waals surface area contributed by atoms with Crippen LogP contribution in [-0.2, 0) is 11.3 Å². The van der Waals surface area contributed by atoms with Crippen LogP contribution in [0.25, 0.3) is 10.9 Å². The number of ether oxygens (including phenoxy) is 1. The number of pyridine rings is 1. The highest BCUT2D eigenvalue weighted by Crippen LogP contribution is 2.26. The summed E-state index contributed by atoms with van der Waals surface area (Å²) >= 11 is 0. The molecular formula is C21H20N2O4. The predicted octanol–water partition coefficient (Wildman–Crippen LogP) is 3.16. The number of hydrogen-bond acceptors (Lipinski definition) is 4. The summed E-state index contributed by atoms with van der Waals surface area (Å²) in [6.07, 6.45) is 0. The van der Waals surface area contributed by atoms with E-state index in [1.807, 2.05) is 19.1 Å². The van der Waals surface area contributed by atoms with Crippen molar-refractivity contribution in [2.45, 2.75) is 20.4 Å². The Morgan fingerprint density at radius 3 is 2.44 bits per heavy atom. The van der Waals surface area contributed by atoms with Crippen LogP contribution in [0.4, 0.5) is 5.69 Å². The van der Waals surface area contributed by atoms with Crippen LogP contribution in [0.5, 0.6) is 5.75 Å². The number of rotatable bonds is 5. The molecule has 0 bridgehead atoms. The molecule has 1 N–H and O–H groups in total. The molecule has 0 unspecified atom stereocenters. The van der Waals surface area contributed by atoms with E-state index >= 15 is 0 Å². The monoisotopic (exact) mass is 364 g/mol. The number of anilines is 1. The molecule has 1 amide bonds. The van der Waals surface area contributed by atoms with E-state index < -0.39 is 0 Å². The number of benzene rings is 2. The van der Waals surface area contributed by atoms with E-state index in [9.17, 15) is 14.4 Å². The lowest BCUT2D eigenvalue weighted by molar-refractivity contribution is -0.116. The van der Waals surface area contributed by atoms with Gasteiger partial charge in [0.05, 0.1) is 12.6 Å². The Kier molecular flexibility index (Phi) is 5.07. The van der Waals surface area contributed by atoms with Gasteiger partial charge in [0.25, 0.3) is 5.56 Å². The number of carbonyl (C=O) groups excluding carboxylic acids is 2. The molecule has 0 saturated heterocycles. The molecule has 0 aliphatic carbocycles. The quantitative estimate of drug-likeness (QED) is 0.706. The standard InChI is InChI=1S/C21H20N2O4/c1-13-11-20(26)23(21-17(13)5-4-6-18(21)27-3)12-19(25)22-16-9-7-15(8-10-16)14(2)24/h4-11H,12H2,1-3H3,(H,22,25). The number of aryl methyl sites for hydroxylation is 1. The van der Waals surface area contributed by atoms with Crippen LogP contribution in [0.15, 0.2) is 53.3 Å². The maximum atomic E-state index is 12.5. The number of carbonyl (C=O) groups is 2. The Labute approximate surface area is 156 Å². The number of hydrogen-bond donors (Lipinski definition) is 1. The summed E-state index contributed by atoms with van der Waals surface area (Å²) in [7, 11) is 1.53. The van der Waals surface area contributed by atoms with Gasteiger partial charge in [0, 0.05) is 22.7 Å². The van der Waals surface area contributed by atoms with E-state index in [1.54, 1.807) is 30.3 Å². The summed E-state index contributed by atoms with van der Waals surface area (Å²) in [5, 5.41) is 3.60. The zero-order chi connectivity index (χ0) is 19.6. The van der Waals surface area contributed by atoms with Gasteiger partial charge in [-0.25, -0.2) is 0 Å². The van der Waals surface area contributed by atoms with E-state index in [-0.39, 0.29) is 23.8 Å². The number of ketones is 1. The normalized spacial score (nSPS) is 10.6. The molecule has 0 atom stereocenters. The smallest absolute Gasteiger partial charge is 0.251 e. The van der Waals surface area contributed by atoms with Crippen molar-refractivity contribution < 1.29 is 14.3 Å². The zero-order valence-electron chi connectivity index (χ0n) is 15.4. The number of methoxy groups -OCH3 is 1. The van der Waals surface area contributed by atoms with Crippen molar-refractivity contribution in [3.63, 3.8) is 0 Å². The molecule has 6 heteroatoms. The van der Waals surface area contributed by atoms with Gasteiger partial charge in [-0.2, -0.15) is 0 Å². The van der Waals surface area contributed by atoms with Gasteiger partial charge in [-0.1, -0.05) is 12.1 Å². The average molecular weight is 364 g/mol. The molecule has 0 saturated carbocycles. The fourth-order valence-corrected chi connectivity index (χ4v) is 3.02. The fourth-order valence-electron chi connectivity index (χ4n) is 3.02. The van der Waals surface area contributed by atoms with Crippen molar-refractivity contribution in [3.05, 3.63) is 70.0 Å². The molecule has 0 radical (unpaired) electrons. The molecule has 0 aliphatic rings. The highest BCUT2D eigenvalue weighted by Gasteiger charge is 2.14. The summed E-state index contributed by atoms with van der Waals surface area (Å²) in [5.41, 5.74) is 2.27. The maximum Gasteiger partial charge on any atom is 0.251 e. The fraction of sp³-hybridized carbons (Fsp3) is 0.190. The second-order valence-corrected chi connectivity index (χ2v) is 6.29. The van der Waals surface area contributed by atoms with Crippen molar-refractivity contribution in [1.29, 1.82) is 0 Å². The van der Waals surface area contributed by atoms with E-state index in [2.05, 4.69) is 5.32 Å². The first-order valence-electron chi connectivity index (χ1n) is 8.48. The number of para-hydroxylation sites is 1. The molecule has 0 aliphatic heterocycles. The van der Waals surface area contributed by atoms with Gasteiger partial charge < -0.3 is 10.1 Å². The van der Waals surface area contributed by atoms with Crippen molar-refractivity contribution in [2.75, 3.05) is 12.4 Å². The predicted molar refractivity (Wildman–Crippen MR) is 105 cm³/mol. The number of nitrogens with zero attached hydrogens (tertiary/aromatic N) is 1. The minimum atomic E-state index is -0.344. The van der Waals surface area contributed by atoms with E-state index in [1.165, 1.54) is 24.7 Å². The first-order chi connectivity index (χ1) is 12.9. The molecule has 1 heterocycles. The second kappa shape index (κ2) is 7.45. The summed E-state index contributed by atoms with van der Waals surface area (Å²) in [5.74, 6) is 0.147. The SMILES string of the molecule is COc1cccc2c(C)cc(=O)n(CC(=O)Nc3ccc(C(C)=O)cc3)c12. The minimum Gasteiger partial charge on any atom is -0.495 e. The molecule has 3 aromatic rings. The second-order valence-electron chi connectivity index (χ2n) is 6.29. The number of fused-ring (bicyclic) bond motifs is 1. The van der Waals surface area contributed by atoms with Gasteiger partial charge in [-0.05, 0) is 49.7 Å². The molecule has 1 aromatic heterocycles. The van der Waals surface area contributed by atoms with Crippen molar-refractivity contribution in [2.24, 2.45) is 0 Å². The first-order valence-corrected chi connectivity index (χ1v) is 8.48. The Morgan fingerprint density at radius 2 is 1.81 bits per heavy atom. The van der Waals surface area contributed by atoms with Crippen molar-refractivity contribution in [1.82, 2.24) is 4.57 Å². The molecule has 138 valence electrons. The van der Waals surface area contributed by atoms with Crippen LogP contribution in [-0.4, -0.2) is 23.4 Å². The molecule has 0 spiro atoms. The molecule has 2 aromatic carbocycles. The minimum absolute atomic E-state index is 0.0438. The highest BCUT2D eigenvalue weighted by atomic mass is 16.5. The molecule has 0 fully saturated rings. The summed E-state index contributed by atoms with van der Waals surface area (Å²) in [4.78, 5) is 36.4. The van der Waals surface area contributed by atoms with Crippen LogP contribution in [0.2, 0.25) is 0 Å². The van der Waals surface area contributed by atoms with E-state index in [4.69, 9.17) is 4.74 Å². The third-order valence-electron chi connectivity index (χ3n) is 4.40. The topological polar surface area (TPSA) is 77.4 Å². The third kappa shape index (κ3) is 3.74. The highest BCUT2D eigenvalue weighted by molar-refractivity contribution is 5.96. The Morgan fingerprint density at radius 1 is 1.11 bits per heavy atom. The maximum absolute atomic E-state index is 12.5. The molecule has 3 rings (SSSR count). The van der Waals surface area contributed by atoms with Gasteiger partial charge in [-0.15, -0.1) is 0 Å². The van der Waals surface area contributed by atoms with Crippen LogP contribution in [0.1, 0.15) is 22.8 Å². The van der Waals surface area contributed by atoms with E-state index in [0.717, 1.165) is 10.9 Å².